The molecule has 0 N–H and O–H groups in total. The number of carbonyl (C=O) groups is 3. The Morgan fingerprint density at radius 2 is 2.00 bits per heavy atom. The first-order valence-corrected chi connectivity index (χ1v) is 6.52. The lowest BCUT2D eigenvalue weighted by Crippen LogP contribution is -2.36. The number of amides is 2. The average Bonchev–Trinajstić information content (AvgIpc) is 3.00. The van der Waals surface area contributed by atoms with Gasteiger partial charge in [-0.1, -0.05) is 5.06 Å². The van der Waals surface area contributed by atoms with Crippen molar-refractivity contribution >= 4 is 18.0 Å². The second-order valence-electron chi connectivity index (χ2n) is 5.15. The predicted octanol–water partition coefficient (Wildman–Crippen LogP) is 0.355. The van der Waals surface area contributed by atoms with E-state index in [0.717, 1.165) is 6.42 Å². The molecule has 3 aliphatic rings. The van der Waals surface area contributed by atoms with Gasteiger partial charge in [-0.05, 0) is 13.3 Å². The van der Waals surface area contributed by atoms with Crippen molar-refractivity contribution < 1.29 is 33.4 Å². The molecule has 3 aliphatic heterocycles. The van der Waals surface area contributed by atoms with Gasteiger partial charge in [-0.25, -0.2) is 4.79 Å². The summed E-state index contributed by atoms with van der Waals surface area (Å²) in [4.78, 5) is 38.9. The standard InChI is InChI=1S/C12H15NO7/c1-12-7(4-5-17-12)8(6-18-12)19-11(16)20-13-9(14)2-3-10(13)15/h7-8H,2-6H2,1H3/t7-,8-,12+/m0/s1. The highest BCUT2D eigenvalue weighted by Crippen LogP contribution is 2.42. The quantitative estimate of drug-likeness (QED) is 0.534. The third-order valence-corrected chi connectivity index (χ3v) is 3.89. The molecule has 3 saturated heterocycles. The number of hydroxylamine groups is 2. The monoisotopic (exact) mass is 285 g/mol. The first-order chi connectivity index (χ1) is 9.49. The van der Waals surface area contributed by atoms with Crippen molar-refractivity contribution in [3.8, 4) is 0 Å². The molecule has 3 atom stereocenters. The number of hydrogen-bond donors (Lipinski definition) is 0. The van der Waals surface area contributed by atoms with Crippen LogP contribution in [-0.4, -0.2) is 48.1 Å². The fourth-order valence-electron chi connectivity index (χ4n) is 2.79. The van der Waals surface area contributed by atoms with E-state index < -0.39 is 29.9 Å². The van der Waals surface area contributed by atoms with E-state index >= 15 is 0 Å². The number of ether oxygens (including phenoxy) is 3. The summed E-state index contributed by atoms with van der Waals surface area (Å²) in [7, 11) is 0. The van der Waals surface area contributed by atoms with Crippen LogP contribution >= 0.6 is 0 Å². The summed E-state index contributed by atoms with van der Waals surface area (Å²) in [5.41, 5.74) is 0. The van der Waals surface area contributed by atoms with Crippen LogP contribution in [0.5, 0.6) is 0 Å². The Bertz CT molecular complexity index is 449. The fourth-order valence-corrected chi connectivity index (χ4v) is 2.79. The fraction of sp³-hybridized carbons (Fsp3) is 0.750. The summed E-state index contributed by atoms with van der Waals surface area (Å²) in [5, 5.41) is 0.461. The minimum atomic E-state index is -1.07. The van der Waals surface area contributed by atoms with E-state index in [4.69, 9.17) is 14.2 Å². The predicted molar refractivity (Wildman–Crippen MR) is 60.9 cm³/mol. The summed E-state index contributed by atoms with van der Waals surface area (Å²) in [5.74, 6) is -1.88. The van der Waals surface area contributed by atoms with Crippen LogP contribution in [0.2, 0.25) is 0 Å². The van der Waals surface area contributed by atoms with E-state index in [2.05, 4.69) is 4.84 Å². The Kier molecular flexibility index (Phi) is 3.14. The highest BCUT2D eigenvalue weighted by molar-refractivity contribution is 6.01. The number of nitrogens with zero attached hydrogens (tertiary/aromatic N) is 1. The van der Waals surface area contributed by atoms with Crippen LogP contribution in [0.4, 0.5) is 4.79 Å². The van der Waals surface area contributed by atoms with Crippen LogP contribution < -0.4 is 0 Å². The van der Waals surface area contributed by atoms with Gasteiger partial charge in [0, 0.05) is 12.8 Å². The lowest BCUT2D eigenvalue weighted by Gasteiger charge is -2.23. The Labute approximate surface area is 114 Å². The van der Waals surface area contributed by atoms with Gasteiger partial charge < -0.3 is 14.2 Å². The van der Waals surface area contributed by atoms with Gasteiger partial charge in [0.2, 0.25) is 0 Å². The smallest absolute Gasteiger partial charge is 0.426 e. The third kappa shape index (κ3) is 2.14. The maximum absolute atomic E-state index is 11.7. The molecular formula is C12H15NO7. The number of carbonyl (C=O) groups excluding carboxylic acids is 3. The molecule has 110 valence electrons. The van der Waals surface area contributed by atoms with Crippen LogP contribution in [0.25, 0.3) is 0 Å². The Morgan fingerprint density at radius 3 is 2.70 bits per heavy atom. The van der Waals surface area contributed by atoms with E-state index in [1.807, 2.05) is 0 Å². The van der Waals surface area contributed by atoms with Gasteiger partial charge in [-0.15, -0.1) is 0 Å². The van der Waals surface area contributed by atoms with E-state index in [1.54, 1.807) is 6.92 Å². The molecule has 0 saturated carbocycles. The topological polar surface area (TPSA) is 91.4 Å². The molecule has 20 heavy (non-hydrogen) atoms. The number of fused-ring (bicyclic) bond motifs is 1. The van der Waals surface area contributed by atoms with Gasteiger partial charge in [0.1, 0.15) is 6.10 Å². The van der Waals surface area contributed by atoms with Gasteiger partial charge in [0.15, 0.2) is 5.79 Å². The molecule has 0 radical (unpaired) electrons. The van der Waals surface area contributed by atoms with E-state index in [0.29, 0.717) is 11.7 Å². The zero-order valence-corrected chi connectivity index (χ0v) is 11.0. The van der Waals surface area contributed by atoms with Gasteiger partial charge in [-0.2, -0.15) is 0 Å². The summed E-state index contributed by atoms with van der Waals surface area (Å²) in [6.45, 7) is 2.55. The normalized spacial score (nSPS) is 36.4. The van der Waals surface area contributed by atoms with Gasteiger partial charge in [0.25, 0.3) is 11.8 Å². The van der Waals surface area contributed by atoms with Crippen LogP contribution in [0.1, 0.15) is 26.2 Å². The lowest BCUT2D eigenvalue weighted by atomic mass is 9.96. The SMILES string of the molecule is C[C@]12OCC[C@H]1[C@@H](OC(=O)ON1C(=O)CCC1=O)CO2. The molecule has 3 rings (SSSR count). The minimum Gasteiger partial charge on any atom is -0.426 e. The van der Waals surface area contributed by atoms with Crippen molar-refractivity contribution in [3.63, 3.8) is 0 Å². The molecule has 8 heteroatoms. The number of rotatable bonds is 2. The Hall–Kier alpha value is -1.67. The molecule has 8 nitrogen and oxygen atoms in total. The summed E-state index contributed by atoms with van der Waals surface area (Å²) in [6, 6.07) is 0. The molecule has 3 fully saturated rings. The molecule has 0 unspecified atom stereocenters. The van der Waals surface area contributed by atoms with Crippen LogP contribution in [0, 0.1) is 5.92 Å². The molecule has 0 spiro atoms. The van der Waals surface area contributed by atoms with Crippen molar-refractivity contribution in [2.45, 2.75) is 38.1 Å². The van der Waals surface area contributed by atoms with E-state index in [9.17, 15) is 14.4 Å². The number of hydrogen-bond acceptors (Lipinski definition) is 7. The van der Waals surface area contributed by atoms with Crippen LogP contribution in [0.3, 0.4) is 0 Å². The van der Waals surface area contributed by atoms with Gasteiger partial charge in [-0.3, -0.25) is 14.4 Å². The first kappa shape index (κ1) is 13.3. The maximum Gasteiger partial charge on any atom is 0.534 e. The Balaban J connectivity index is 1.57. The maximum atomic E-state index is 11.7. The van der Waals surface area contributed by atoms with E-state index in [-0.39, 0.29) is 25.4 Å². The summed E-state index contributed by atoms with van der Waals surface area (Å²) >= 11 is 0. The van der Waals surface area contributed by atoms with Gasteiger partial charge >= 0.3 is 6.16 Å². The molecule has 2 amide bonds. The summed E-state index contributed by atoms with van der Waals surface area (Å²) < 4.78 is 16.1. The zero-order valence-electron chi connectivity index (χ0n) is 11.0. The molecule has 0 aliphatic carbocycles. The molecule has 0 bridgehead atoms. The third-order valence-electron chi connectivity index (χ3n) is 3.89. The molecular weight excluding hydrogens is 270 g/mol. The number of imide groups is 1. The highest BCUT2D eigenvalue weighted by Gasteiger charge is 2.53. The van der Waals surface area contributed by atoms with Crippen molar-refractivity contribution in [3.05, 3.63) is 0 Å². The van der Waals surface area contributed by atoms with Crippen molar-refractivity contribution in [2.24, 2.45) is 5.92 Å². The van der Waals surface area contributed by atoms with Crippen LogP contribution in [0.15, 0.2) is 0 Å². The lowest BCUT2D eigenvalue weighted by molar-refractivity contribution is -0.182. The first-order valence-electron chi connectivity index (χ1n) is 6.52. The van der Waals surface area contributed by atoms with Crippen molar-refractivity contribution in [2.75, 3.05) is 13.2 Å². The molecule has 0 aromatic heterocycles. The minimum absolute atomic E-state index is 0.0488. The second-order valence-corrected chi connectivity index (χ2v) is 5.15. The van der Waals surface area contributed by atoms with Crippen molar-refractivity contribution in [1.82, 2.24) is 5.06 Å². The molecule has 3 heterocycles. The van der Waals surface area contributed by atoms with E-state index in [1.165, 1.54) is 0 Å². The van der Waals surface area contributed by atoms with Crippen molar-refractivity contribution in [1.29, 1.82) is 0 Å². The Morgan fingerprint density at radius 1 is 1.30 bits per heavy atom. The van der Waals surface area contributed by atoms with Crippen LogP contribution in [-0.2, 0) is 28.6 Å². The highest BCUT2D eigenvalue weighted by atomic mass is 16.8. The molecule has 0 aromatic rings. The second kappa shape index (κ2) is 4.71. The zero-order chi connectivity index (χ0) is 14.3. The average molecular weight is 285 g/mol. The van der Waals surface area contributed by atoms with Gasteiger partial charge in [0.05, 0.1) is 19.1 Å². The largest absolute Gasteiger partial charge is 0.534 e. The molecule has 0 aromatic carbocycles. The summed E-state index contributed by atoms with van der Waals surface area (Å²) in [6.07, 6.45) is -0.752.